The lowest BCUT2D eigenvalue weighted by molar-refractivity contribution is -0.121. The summed E-state index contributed by atoms with van der Waals surface area (Å²) >= 11 is 3.38. The zero-order valence-corrected chi connectivity index (χ0v) is 24.1. The minimum atomic E-state index is -3.94. The SMILES string of the molecule is CCCOc1ccc(/C=N\NC(=O)CN(Cc2ccc(Br)cc2)S(=O)(=O)c2ccc(C)cc2)cc1OCC. The number of rotatable bonds is 13. The monoisotopic (exact) mass is 601 g/mol. The van der Waals surface area contributed by atoms with Crippen LogP contribution in [0.15, 0.2) is 81.2 Å². The summed E-state index contributed by atoms with van der Waals surface area (Å²) in [6, 6.07) is 19.2. The number of hydrogen-bond acceptors (Lipinski definition) is 6. The van der Waals surface area contributed by atoms with Gasteiger partial charge in [-0.05, 0) is 73.9 Å². The van der Waals surface area contributed by atoms with Gasteiger partial charge in [-0.25, -0.2) is 13.8 Å². The highest BCUT2D eigenvalue weighted by Crippen LogP contribution is 2.28. The van der Waals surface area contributed by atoms with Crippen molar-refractivity contribution in [2.75, 3.05) is 19.8 Å². The van der Waals surface area contributed by atoms with E-state index >= 15 is 0 Å². The van der Waals surface area contributed by atoms with Gasteiger partial charge in [-0.3, -0.25) is 4.79 Å². The Morgan fingerprint density at radius 1 is 1.00 bits per heavy atom. The minimum absolute atomic E-state index is 0.0254. The first-order valence-corrected chi connectivity index (χ1v) is 14.5. The average Bonchev–Trinajstić information content (AvgIpc) is 2.89. The molecule has 0 unspecified atom stereocenters. The Morgan fingerprint density at radius 2 is 1.71 bits per heavy atom. The Kier molecular flexibility index (Phi) is 10.9. The Balaban J connectivity index is 1.75. The second-order valence-corrected chi connectivity index (χ2v) is 11.3. The summed E-state index contributed by atoms with van der Waals surface area (Å²) in [6.07, 6.45) is 2.34. The van der Waals surface area contributed by atoms with Gasteiger partial charge >= 0.3 is 0 Å². The van der Waals surface area contributed by atoms with Crippen molar-refractivity contribution in [1.82, 2.24) is 9.73 Å². The second-order valence-electron chi connectivity index (χ2n) is 8.49. The predicted octanol–water partition coefficient (Wildman–Crippen LogP) is 5.29. The lowest BCUT2D eigenvalue weighted by Gasteiger charge is -2.21. The maximum absolute atomic E-state index is 13.4. The van der Waals surface area contributed by atoms with E-state index in [9.17, 15) is 13.2 Å². The summed E-state index contributed by atoms with van der Waals surface area (Å²) in [4.78, 5) is 12.9. The fraction of sp³-hybridized carbons (Fsp3) is 0.286. The number of amides is 1. The van der Waals surface area contributed by atoms with Crippen molar-refractivity contribution < 1.29 is 22.7 Å². The molecule has 0 bridgehead atoms. The van der Waals surface area contributed by atoms with Crippen LogP contribution in [0.5, 0.6) is 11.5 Å². The molecule has 0 saturated heterocycles. The van der Waals surface area contributed by atoms with E-state index in [-0.39, 0.29) is 11.4 Å². The number of aryl methyl sites for hydroxylation is 1. The summed E-state index contributed by atoms with van der Waals surface area (Å²) in [5, 5.41) is 4.02. The largest absolute Gasteiger partial charge is 0.490 e. The third-order valence-electron chi connectivity index (χ3n) is 5.38. The molecule has 1 amide bonds. The molecule has 202 valence electrons. The second kappa shape index (κ2) is 14.1. The molecule has 0 aromatic heterocycles. The fourth-order valence-corrected chi connectivity index (χ4v) is 5.11. The summed E-state index contributed by atoms with van der Waals surface area (Å²) in [6.45, 7) is 6.46. The van der Waals surface area contributed by atoms with Gasteiger partial charge in [0.05, 0.1) is 30.9 Å². The normalized spacial score (nSPS) is 11.6. The Labute approximate surface area is 232 Å². The standard InChI is InChI=1S/C28H32BrN3O5S/c1-4-16-37-26-15-10-23(17-27(26)36-5-2)18-30-31-28(33)20-32(19-22-8-11-24(29)12-9-22)38(34,35)25-13-6-21(3)7-14-25/h6-15,17-18H,4-5,16,19-20H2,1-3H3,(H,31,33)/b30-18-. The zero-order chi connectivity index (χ0) is 27.5. The first-order valence-electron chi connectivity index (χ1n) is 12.3. The molecule has 0 saturated carbocycles. The van der Waals surface area contributed by atoms with Crippen LogP contribution in [0.3, 0.4) is 0 Å². The van der Waals surface area contributed by atoms with Crippen molar-refractivity contribution in [2.24, 2.45) is 5.10 Å². The first kappa shape index (κ1) is 29.3. The molecule has 0 spiro atoms. The molecule has 0 aliphatic rings. The number of ether oxygens (including phenoxy) is 2. The van der Waals surface area contributed by atoms with Gasteiger partial charge in [0, 0.05) is 11.0 Å². The third kappa shape index (κ3) is 8.41. The molecule has 0 fully saturated rings. The summed E-state index contributed by atoms with van der Waals surface area (Å²) in [5.41, 5.74) is 4.81. The molecular formula is C28H32BrN3O5S. The number of halogens is 1. The average molecular weight is 603 g/mol. The molecule has 0 aliphatic heterocycles. The molecule has 0 atom stereocenters. The molecule has 10 heteroatoms. The van der Waals surface area contributed by atoms with E-state index in [0.29, 0.717) is 30.3 Å². The van der Waals surface area contributed by atoms with E-state index in [4.69, 9.17) is 9.47 Å². The molecule has 38 heavy (non-hydrogen) atoms. The van der Waals surface area contributed by atoms with Gasteiger partial charge in [0.25, 0.3) is 5.91 Å². The van der Waals surface area contributed by atoms with Crippen molar-refractivity contribution >= 4 is 38.1 Å². The van der Waals surface area contributed by atoms with Gasteiger partial charge in [0.1, 0.15) is 0 Å². The van der Waals surface area contributed by atoms with E-state index < -0.39 is 22.5 Å². The fourth-order valence-electron chi connectivity index (χ4n) is 3.46. The minimum Gasteiger partial charge on any atom is -0.490 e. The van der Waals surface area contributed by atoms with E-state index in [1.54, 1.807) is 42.5 Å². The summed E-state index contributed by atoms with van der Waals surface area (Å²) < 4.78 is 40.2. The van der Waals surface area contributed by atoms with Gasteiger partial charge in [0.15, 0.2) is 11.5 Å². The molecule has 0 radical (unpaired) electrons. The number of hydrogen-bond donors (Lipinski definition) is 1. The number of sulfonamides is 1. The summed E-state index contributed by atoms with van der Waals surface area (Å²) in [5.74, 6) is 0.655. The van der Waals surface area contributed by atoms with Crippen LogP contribution in [0.4, 0.5) is 0 Å². The molecule has 3 aromatic carbocycles. The van der Waals surface area contributed by atoms with E-state index in [0.717, 1.165) is 26.3 Å². The number of carbonyl (C=O) groups excluding carboxylic acids is 1. The van der Waals surface area contributed by atoms with Crippen LogP contribution in [0.1, 0.15) is 37.0 Å². The van der Waals surface area contributed by atoms with Crippen LogP contribution >= 0.6 is 15.9 Å². The molecule has 3 rings (SSSR count). The maximum Gasteiger partial charge on any atom is 0.255 e. The lowest BCUT2D eigenvalue weighted by Crippen LogP contribution is -2.39. The van der Waals surface area contributed by atoms with Crippen LogP contribution in [0.25, 0.3) is 0 Å². The molecule has 8 nitrogen and oxygen atoms in total. The predicted molar refractivity (Wildman–Crippen MR) is 152 cm³/mol. The first-order chi connectivity index (χ1) is 18.2. The number of carbonyl (C=O) groups is 1. The van der Waals surface area contributed by atoms with Crippen LogP contribution in [0, 0.1) is 6.92 Å². The molecular weight excluding hydrogens is 570 g/mol. The Morgan fingerprint density at radius 3 is 2.37 bits per heavy atom. The third-order valence-corrected chi connectivity index (χ3v) is 7.72. The lowest BCUT2D eigenvalue weighted by atomic mass is 10.2. The van der Waals surface area contributed by atoms with Crippen LogP contribution in [0.2, 0.25) is 0 Å². The highest BCUT2D eigenvalue weighted by Gasteiger charge is 2.27. The highest BCUT2D eigenvalue weighted by atomic mass is 79.9. The van der Waals surface area contributed by atoms with Crippen LogP contribution in [-0.2, 0) is 21.4 Å². The van der Waals surface area contributed by atoms with E-state index in [2.05, 4.69) is 26.5 Å². The van der Waals surface area contributed by atoms with Crippen molar-refractivity contribution in [3.63, 3.8) is 0 Å². The number of hydrazone groups is 1. The highest BCUT2D eigenvalue weighted by molar-refractivity contribution is 9.10. The van der Waals surface area contributed by atoms with Crippen molar-refractivity contribution in [2.45, 2.75) is 38.6 Å². The topological polar surface area (TPSA) is 97.3 Å². The van der Waals surface area contributed by atoms with Gasteiger partial charge in [-0.15, -0.1) is 0 Å². The Bertz CT molecular complexity index is 1340. The quantitative estimate of drug-likeness (QED) is 0.212. The van der Waals surface area contributed by atoms with Gasteiger partial charge in [-0.1, -0.05) is 52.7 Å². The van der Waals surface area contributed by atoms with Crippen molar-refractivity contribution in [3.8, 4) is 11.5 Å². The van der Waals surface area contributed by atoms with Crippen LogP contribution < -0.4 is 14.9 Å². The number of nitrogens with zero attached hydrogens (tertiary/aromatic N) is 2. The van der Waals surface area contributed by atoms with Gasteiger partial charge < -0.3 is 9.47 Å². The number of benzene rings is 3. The van der Waals surface area contributed by atoms with Crippen molar-refractivity contribution in [1.29, 1.82) is 0 Å². The smallest absolute Gasteiger partial charge is 0.255 e. The van der Waals surface area contributed by atoms with Crippen LogP contribution in [-0.4, -0.2) is 44.6 Å². The van der Waals surface area contributed by atoms with E-state index in [1.807, 2.05) is 45.0 Å². The molecule has 1 N–H and O–H groups in total. The Hall–Kier alpha value is -3.21. The number of nitrogens with one attached hydrogen (secondary N) is 1. The van der Waals surface area contributed by atoms with E-state index in [1.165, 1.54) is 6.21 Å². The van der Waals surface area contributed by atoms with Gasteiger partial charge in [-0.2, -0.15) is 9.41 Å². The van der Waals surface area contributed by atoms with Gasteiger partial charge in [0.2, 0.25) is 10.0 Å². The maximum atomic E-state index is 13.4. The molecule has 0 heterocycles. The zero-order valence-electron chi connectivity index (χ0n) is 21.7. The van der Waals surface area contributed by atoms with Crippen molar-refractivity contribution in [3.05, 3.63) is 87.9 Å². The molecule has 3 aromatic rings. The summed E-state index contributed by atoms with van der Waals surface area (Å²) in [7, 11) is -3.94. The molecule has 0 aliphatic carbocycles.